The van der Waals surface area contributed by atoms with Crippen molar-refractivity contribution in [2.75, 3.05) is 6.54 Å². The number of hydrogen-bond donors (Lipinski definition) is 1. The first-order valence-electron chi connectivity index (χ1n) is 5.17. The summed E-state index contributed by atoms with van der Waals surface area (Å²) in [4.78, 5) is 0. The lowest BCUT2D eigenvalue weighted by Crippen LogP contribution is -2.51. The van der Waals surface area contributed by atoms with E-state index in [1.807, 2.05) is 18.2 Å². The van der Waals surface area contributed by atoms with E-state index in [-0.39, 0.29) is 0 Å². The fraction of sp³-hybridized carbons (Fsp3) is 0.273. The van der Waals surface area contributed by atoms with Crippen molar-refractivity contribution in [2.24, 2.45) is 0 Å². The molecule has 1 heterocycles. The summed E-state index contributed by atoms with van der Waals surface area (Å²) in [5.41, 5.74) is 5.00. The average Bonchev–Trinajstić information content (AvgIpc) is 2.76. The lowest BCUT2D eigenvalue weighted by Gasteiger charge is -1.96. The minimum absolute atomic E-state index is 0.632. The first-order chi connectivity index (χ1) is 7.88. The van der Waals surface area contributed by atoms with E-state index in [2.05, 4.69) is 28.1 Å². The summed E-state index contributed by atoms with van der Waals surface area (Å²) in [5, 5.41) is 8.54. The number of thioether (sulfide) groups is 1. The van der Waals surface area contributed by atoms with E-state index >= 15 is 0 Å². The van der Waals surface area contributed by atoms with E-state index in [1.54, 1.807) is 11.8 Å². The van der Waals surface area contributed by atoms with Gasteiger partial charge < -0.3 is 10.2 Å². The Labute approximate surface area is 98.2 Å². The number of aromatic nitrogens is 2. The third kappa shape index (κ3) is 3.08. The number of benzene rings is 1. The second kappa shape index (κ2) is 5.67. The van der Waals surface area contributed by atoms with Gasteiger partial charge in [-0.15, -0.1) is 10.2 Å². The molecule has 0 radical (unpaired) electrons. The molecule has 0 fully saturated rings. The van der Waals surface area contributed by atoms with Gasteiger partial charge in [0.1, 0.15) is 0 Å². The average molecular weight is 236 g/mol. The van der Waals surface area contributed by atoms with Crippen molar-refractivity contribution in [1.82, 2.24) is 10.2 Å². The van der Waals surface area contributed by atoms with Gasteiger partial charge in [0.2, 0.25) is 5.89 Å². The Morgan fingerprint density at radius 3 is 2.75 bits per heavy atom. The molecule has 16 heavy (non-hydrogen) atoms. The second-order valence-electron chi connectivity index (χ2n) is 3.34. The van der Waals surface area contributed by atoms with Gasteiger partial charge in [-0.2, -0.15) is 0 Å². The molecule has 0 spiro atoms. The first-order valence-corrected chi connectivity index (χ1v) is 6.15. The molecule has 0 aliphatic rings. The predicted octanol–water partition coefficient (Wildman–Crippen LogP) is 1.15. The Kier molecular flexibility index (Phi) is 3.96. The highest BCUT2D eigenvalue weighted by Gasteiger charge is 2.06. The molecule has 0 saturated heterocycles. The highest BCUT2D eigenvalue weighted by Crippen LogP contribution is 2.21. The fourth-order valence-corrected chi connectivity index (χ4v) is 2.00. The smallest absolute Gasteiger partial charge is 0.276 e. The molecule has 0 unspecified atom stereocenters. The summed E-state index contributed by atoms with van der Waals surface area (Å²) >= 11 is 1.56. The summed E-state index contributed by atoms with van der Waals surface area (Å²) in [7, 11) is 0. The van der Waals surface area contributed by atoms with Crippen LogP contribution < -0.4 is 5.73 Å². The third-order valence-corrected chi connectivity index (χ3v) is 2.93. The minimum atomic E-state index is 0.632. The highest BCUT2D eigenvalue weighted by atomic mass is 32.2. The topological polar surface area (TPSA) is 66.6 Å². The van der Waals surface area contributed by atoms with Gasteiger partial charge in [-0.3, -0.25) is 0 Å². The largest absolute Gasteiger partial charge is 0.416 e. The summed E-state index contributed by atoms with van der Waals surface area (Å²) in [6.07, 6.45) is 0.749. The normalized spacial score (nSPS) is 10.6. The van der Waals surface area contributed by atoms with Crippen molar-refractivity contribution in [3.8, 4) is 0 Å². The second-order valence-corrected chi connectivity index (χ2v) is 4.27. The van der Waals surface area contributed by atoms with Gasteiger partial charge in [0.15, 0.2) is 0 Å². The van der Waals surface area contributed by atoms with Gasteiger partial charge >= 0.3 is 0 Å². The molecule has 5 heteroatoms. The minimum Gasteiger partial charge on any atom is -0.416 e. The molecule has 1 aromatic carbocycles. The summed E-state index contributed by atoms with van der Waals surface area (Å²) < 4.78 is 5.45. The van der Waals surface area contributed by atoms with Gasteiger partial charge in [-0.1, -0.05) is 42.1 Å². The summed E-state index contributed by atoms with van der Waals surface area (Å²) in [5.74, 6) is 1.53. The van der Waals surface area contributed by atoms with E-state index < -0.39 is 0 Å². The molecule has 0 amide bonds. The first kappa shape index (κ1) is 11.2. The van der Waals surface area contributed by atoms with Crippen molar-refractivity contribution in [2.45, 2.75) is 17.4 Å². The Balaban J connectivity index is 1.89. The molecular formula is C11H14N3OS+. The van der Waals surface area contributed by atoms with Gasteiger partial charge in [0.05, 0.1) is 13.0 Å². The van der Waals surface area contributed by atoms with Crippen molar-refractivity contribution >= 4 is 11.8 Å². The quantitative estimate of drug-likeness (QED) is 0.791. The molecule has 2 aromatic rings. The zero-order chi connectivity index (χ0) is 11.2. The monoisotopic (exact) mass is 236 g/mol. The molecule has 0 saturated carbocycles. The predicted molar refractivity (Wildman–Crippen MR) is 61.8 cm³/mol. The summed E-state index contributed by atoms with van der Waals surface area (Å²) in [6.45, 7) is 0.783. The van der Waals surface area contributed by atoms with Crippen molar-refractivity contribution in [3.63, 3.8) is 0 Å². The van der Waals surface area contributed by atoms with Gasteiger partial charge in [0.25, 0.3) is 5.22 Å². The fourth-order valence-electron chi connectivity index (χ4n) is 1.27. The molecule has 1 aromatic heterocycles. The van der Waals surface area contributed by atoms with Crippen LogP contribution in [0.5, 0.6) is 0 Å². The van der Waals surface area contributed by atoms with E-state index in [0.29, 0.717) is 11.1 Å². The van der Waals surface area contributed by atoms with Crippen LogP contribution in [0.2, 0.25) is 0 Å². The van der Waals surface area contributed by atoms with Crippen LogP contribution in [-0.2, 0) is 12.2 Å². The molecule has 84 valence electrons. The molecule has 4 nitrogen and oxygen atoms in total. The maximum atomic E-state index is 5.45. The van der Waals surface area contributed by atoms with Gasteiger partial charge in [-0.05, 0) is 5.56 Å². The maximum Gasteiger partial charge on any atom is 0.276 e. The van der Waals surface area contributed by atoms with Crippen LogP contribution in [0.15, 0.2) is 40.0 Å². The van der Waals surface area contributed by atoms with E-state index in [1.165, 1.54) is 5.56 Å². The standard InChI is InChI=1S/C11H13N3OS/c12-7-6-10-13-14-11(15-10)16-8-9-4-2-1-3-5-9/h1-5H,6-8,12H2/p+1. The van der Waals surface area contributed by atoms with Crippen LogP contribution >= 0.6 is 11.8 Å². The number of nitrogens with zero attached hydrogens (tertiary/aromatic N) is 2. The van der Waals surface area contributed by atoms with Crippen molar-refractivity contribution in [1.29, 1.82) is 0 Å². The molecule has 0 aliphatic heterocycles. The molecule has 3 N–H and O–H groups in total. The van der Waals surface area contributed by atoms with Crippen LogP contribution in [0, 0.1) is 0 Å². The van der Waals surface area contributed by atoms with E-state index in [9.17, 15) is 0 Å². The van der Waals surface area contributed by atoms with Gasteiger partial charge in [-0.25, -0.2) is 0 Å². The Bertz CT molecular complexity index is 430. The molecule has 2 rings (SSSR count). The zero-order valence-electron chi connectivity index (χ0n) is 8.93. The van der Waals surface area contributed by atoms with Crippen LogP contribution in [-0.4, -0.2) is 16.7 Å². The Hall–Kier alpha value is -1.33. The van der Waals surface area contributed by atoms with E-state index in [0.717, 1.165) is 18.7 Å². The number of quaternary nitrogens is 1. The molecule has 0 bridgehead atoms. The molecule has 0 atom stereocenters. The molecular weight excluding hydrogens is 222 g/mol. The van der Waals surface area contributed by atoms with Crippen LogP contribution in [0.1, 0.15) is 11.5 Å². The Morgan fingerprint density at radius 2 is 2.00 bits per heavy atom. The lowest BCUT2D eigenvalue weighted by atomic mass is 10.2. The SMILES string of the molecule is [NH3+]CCc1nnc(SCc2ccccc2)o1. The van der Waals surface area contributed by atoms with E-state index in [4.69, 9.17) is 4.42 Å². The summed E-state index contributed by atoms with van der Waals surface area (Å²) in [6, 6.07) is 10.2. The number of hydrogen-bond acceptors (Lipinski definition) is 4. The highest BCUT2D eigenvalue weighted by molar-refractivity contribution is 7.98. The van der Waals surface area contributed by atoms with Crippen LogP contribution in [0.25, 0.3) is 0 Å². The van der Waals surface area contributed by atoms with Crippen LogP contribution in [0.3, 0.4) is 0 Å². The Morgan fingerprint density at radius 1 is 1.19 bits per heavy atom. The molecule has 0 aliphatic carbocycles. The number of rotatable bonds is 5. The third-order valence-electron chi connectivity index (χ3n) is 2.04. The van der Waals surface area contributed by atoms with Gasteiger partial charge in [0, 0.05) is 5.75 Å². The van der Waals surface area contributed by atoms with Crippen LogP contribution in [0.4, 0.5) is 0 Å². The van der Waals surface area contributed by atoms with Crippen molar-refractivity contribution < 1.29 is 10.2 Å². The zero-order valence-corrected chi connectivity index (χ0v) is 9.74. The maximum absolute atomic E-state index is 5.45. The van der Waals surface area contributed by atoms with Crippen molar-refractivity contribution in [3.05, 3.63) is 41.8 Å². The lowest BCUT2D eigenvalue weighted by molar-refractivity contribution is -0.367.